The number of rotatable bonds is 5. The van der Waals surface area contributed by atoms with Gasteiger partial charge in [0, 0.05) is 6.54 Å². The molecule has 1 rings (SSSR count). The number of nitrogens with zero attached hydrogens (tertiary/aromatic N) is 3. The highest BCUT2D eigenvalue weighted by molar-refractivity contribution is 14.1. The van der Waals surface area contributed by atoms with Crippen molar-refractivity contribution in [2.45, 2.75) is 39.2 Å². The highest BCUT2D eigenvalue weighted by atomic mass is 127. The zero-order valence-corrected chi connectivity index (χ0v) is 10.5. The maximum absolute atomic E-state index is 5.77. The molecule has 74 valence electrons. The lowest BCUT2D eigenvalue weighted by Gasteiger charge is -2.00. The first-order valence-corrected chi connectivity index (χ1v) is 5.96. The summed E-state index contributed by atoms with van der Waals surface area (Å²) in [4.78, 5) is 0. The van der Waals surface area contributed by atoms with E-state index in [1.165, 1.54) is 19.3 Å². The van der Waals surface area contributed by atoms with Gasteiger partial charge in [-0.1, -0.05) is 43.0 Å². The molecule has 1 heterocycles. The molecule has 0 atom stereocenters. The summed E-state index contributed by atoms with van der Waals surface area (Å²) in [6, 6.07) is 0. The molecule has 0 amide bonds. The van der Waals surface area contributed by atoms with Gasteiger partial charge in [0.15, 0.2) is 5.15 Å². The molecular weight excluding hydrogens is 300 g/mol. The van der Waals surface area contributed by atoms with Crippen LogP contribution >= 0.6 is 34.2 Å². The van der Waals surface area contributed by atoms with E-state index in [0.29, 0.717) is 5.15 Å². The molecule has 0 fully saturated rings. The summed E-state index contributed by atoms with van der Waals surface area (Å²) in [5.74, 6) is 0. The Morgan fingerprint density at radius 1 is 1.38 bits per heavy atom. The minimum Gasteiger partial charge on any atom is -0.238 e. The van der Waals surface area contributed by atoms with Crippen LogP contribution in [0.15, 0.2) is 0 Å². The number of aromatic nitrogens is 3. The molecular formula is C8H13ClIN3. The first kappa shape index (κ1) is 11.2. The molecule has 0 bridgehead atoms. The number of aryl methyl sites for hydroxylation is 1. The minimum absolute atomic E-state index is 0.510. The molecule has 0 aromatic carbocycles. The van der Waals surface area contributed by atoms with Crippen molar-refractivity contribution in [3.63, 3.8) is 0 Å². The van der Waals surface area contributed by atoms with Crippen LogP contribution in [0, 0.1) is 3.70 Å². The largest absolute Gasteiger partial charge is 0.238 e. The zero-order chi connectivity index (χ0) is 9.68. The van der Waals surface area contributed by atoms with Crippen LogP contribution in [0.3, 0.4) is 0 Å². The molecule has 0 aliphatic rings. The predicted molar refractivity (Wildman–Crippen MR) is 61.9 cm³/mol. The predicted octanol–water partition coefficient (Wildman–Crippen LogP) is 3.12. The van der Waals surface area contributed by atoms with Crippen molar-refractivity contribution in [2.24, 2.45) is 0 Å². The number of halogens is 2. The van der Waals surface area contributed by atoms with Gasteiger partial charge < -0.3 is 0 Å². The Kier molecular flexibility index (Phi) is 5.01. The zero-order valence-electron chi connectivity index (χ0n) is 7.63. The molecule has 0 N–H and O–H groups in total. The Bertz CT molecular complexity index is 262. The van der Waals surface area contributed by atoms with Gasteiger partial charge in [0.2, 0.25) is 0 Å². The van der Waals surface area contributed by atoms with E-state index in [1.807, 2.05) is 4.68 Å². The lowest BCUT2D eigenvalue weighted by molar-refractivity contribution is 0.520. The number of hydrogen-bond acceptors (Lipinski definition) is 2. The van der Waals surface area contributed by atoms with E-state index < -0.39 is 0 Å². The van der Waals surface area contributed by atoms with Crippen molar-refractivity contribution in [1.29, 1.82) is 0 Å². The van der Waals surface area contributed by atoms with Gasteiger partial charge in [-0.3, -0.25) is 0 Å². The second kappa shape index (κ2) is 5.80. The van der Waals surface area contributed by atoms with Gasteiger partial charge in [-0.2, -0.15) is 0 Å². The normalized spacial score (nSPS) is 10.7. The van der Waals surface area contributed by atoms with Crippen molar-refractivity contribution < 1.29 is 0 Å². The minimum atomic E-state index is 0.510. The highest BCUT2D eigenvalue weighted by Crippen LogP contribution is 2.14. The van der Waals surface area contributed by atoms with Crippen molar-refractivity contribution in [2.75, 3.05) is 0 Å². The van der Waals surface area contributed by atoms with E-state index >= 15 is 0 Å². The van der Waals surface area contributed by atoms with Gasteiger partial charge in [-0.05, 0) is 29.0 Å². The highest BCUT2D eigenvalue weighted by Gasteiger charge is 2.05. The van der Waals surface area contributed by atoms with Gasteiger partial charge in [0.1, 0.15) is 3.70 Å². The second-order valence-corrected chi connectivity index (χ2v) is 4.33. The third-order valence-electron chi connectivity index (χ3n) is 1.86. The molecule has 13 heavy (non-hydrogen) atoms. The first-order valence-electron chi connectivity index (χ1n) is 4.50. The van der Waals surface area contributed by atoms with Crippen molar-refractivity contribution in [1.82, 2.24) is 15.0 Å². The van der Waals surface area contributed by atoms with Crippen LogP contribution in [-0.2, 0) is 6.54 Å². The lowest BCUT2D eigenvalue weighted by Crippen LogP contribution is -2.02. The molecule has 0 spiro atoms. The Labute approximate surface area is 97.0 Å². The van der Waals surface area contributed by atoms with Crippen molar-refractivity contribution >= 4 is 34.2 Å². The smallest absolute Gasteiger partial charge is 0.184 e. The van der Waals surface area contributed by atoms with Gasteiger partial charge in [-0.25, -0.2) is 4.68 Å². The molecule has 1 aromatic heterocycles. The van der Waals surface area contributed by atoms with Crippen LogP contribution in [-0.4, -0.2) is 15.0 Å². The first-order chi connectivity index (χ1) is 6.25. The number of hydrogen-bond donors (Lipinski definition) is 0. The maximum Gasteiger partial charge on any atom is 0.184 e. The summed E-state index contributed by atoms with van der Waals surface area (Å²) >= 11 is 7.93. The topological polar surface area (TPSA) is 30.7 Å². The van der Waals surface area contributed by atoms with E-state index in [9.17, 15) is 0 Å². The monoisotopic (exact) mass is 313 g/mol. The summed E-state index contributed by atoms with van der Waals surface area (Å²) in [7, 11) is 0. The fraction of sp³-hybridized carbons (Fsp3) is 0.750. The SMILES string of the molecule is CCCCCCn1nnc(Cl)c1I. The summed E-state index contributed by atoms with van der Waals surface area (Å²) in [6.45, 7) is 3.13. The van der Waals surface area contributed by atoms with E-state index in [-0.39, 0.29) is 0 Å². The van der Waals surface area contributed by atoms with E-state index in [0.717, 1.165) is 16.7 Å². The van der Waals surface area contributed by atoms with Gasteiger partial charge in [0.05, 0.1) is 0 Å². The Balaban J connectivity index is 2.32. The molecule has 0 saturated heterocycles. The van der Waals surface area contributed by atoms with Crippen LogP contribution < -0.4 is 0 Å². The molecule has 0 unspecified atom stereocenters. The van der Waals surface area contributed by atoms with E-state index in [1.54, 1.807) is 0 Å². The Morgan fingerprint density at radius 3 is 2.69 bits per heavy atom. The van der Waals surface area contributed by atoms with E-state index in [2.05, 4.69) is 39.8 Å². The van der Waals surface area contributed by atoms with Crippen LogP contribution in [0.2, 0.25) is 5.15 Å². The van der Waals surface area contributed by atoms with Crippen LogP contribution in [0.4, 0.5) is 0 Å². The fourth-order valence-electron chi connectivity index (χ4n) is 1.11. The average Bonchev–Trinajstić information content (AvgIpc) is 2.43. The lowest BCUT2D eigenvalue weighted by atomic mass is 10.2. The summed E-state index contributed by atoms with van der Waals surface area (Å²) in [6.07, 6.45) is 4.96. The summed E-state index contributed by atoms with van der Waals surface area (Å²) in [5, 5.41) is 8.24. The molecule has 0 radical (unpaired) electrons. The average molecular weight is 314 g/mol. The second-order valence-electron chi connectivity index (χ2n) is 2.95. The van der Waals surface area contributed by atoms with Crippen molar-refractivity contribution in [3.05, 3.63) is 8.85 Å². The molecule has 0 saturated carbocycles. The van der Waals surface area contributed by atoms with E-state index in [4.69, 9.17) is 11.6 Å². The third kappa shape index (κ3) is 3.42. The van der Waals surface area contributed by atoms with Crippen LogP contribution in [0.25, 0.3) is 0 Å². The number of unbranched alkanes of at least 4 members (excludes halogenated alkanes) is 3. The summed E-state index contributed by atoms with van der Waals surface area (Å²) in [5.41, 5.74) is 0. The Hall–Kier alpha value is 0.160. The van der Waals surface area contributed by atoms with Gasteiger partial charge in [-0.15, -0.1) is 5.10 Å². The molecule has 3 nitrogen and oxygen atoms in total. The molecule has 0 aliphatic carbocycles. The fourth-order valence-corrected chi connectivity index (χ4v) is 1.69. The quantitative estimate of drug-likeness (QED) is 0.618. The maximum atomic E-state index is 5.77. The summed E-state index contributed by atoms with van der Waals surface area (Å²) < 4.78 is 2.80. The van der Waals surface area contributed by atoms with Crippen LogP contribution in [0.1, 0.15) is 32.6 Å². The standard InChI is InChI=1S/C8H13ClIN3/c1-2-3-4-5-6-13-8(10)7(9)11-12-13/h2-6H2,1H3. The molecule has 1 aromatic rings. The molecule has 0 aliphatic heterocycles. The van der Waals surface area contributed by atoms with Crippen LogP contribution in [0.5, 0.6) is 0 Å². The Morgan fingerprint density at radius 2 is 2.15 bits per heavy atom. The van der Waals surface area contributed by atoms with Gasteiger partial charge in [0.25, 0.3) is 0 Å². The van der Waals surface area contributed by atoms with Gasteiger partial charge >= 0.3 is 0 Å². The third-order valence-corrected chi connectivity index (χ3v) is 3.50. The van der Waals surface area contributed by atoms with Crippen molar-refractivity contribution in [3.8, 4) is 0 Å². The molecule has 5 heteroatoms.